The number of rotatable bonds is 8. The van der Waals surface area contributed by atoms with Crippen LogP contribution < -0.4 is 10.2 Å². The van der Waals surface area contributed by atoms with Gasteiger partial charge in [0, 0.05) is 38.4 Å². The Morgan fingerprint density at radius 1 is 0.969 bits per heavy atom. The van der Waals surface area contributed by atoms with Gasteiger partial charge < -0.3 is 10.2 Å². The van der Waals surface area contributed by atoms with E-state index in [1.165, 1.54) is 11.3 Å². The number of amides is 1. The number of nitrogens with one attached hydrogen (secondary N) is 1. The maximum absolute atomic E-state index is 12.8. The van der Waals surface area contributed by atoms with E-state index >= 15 is 0 Å². The summed E-state index contributed by atoms with van der Waals surface area (Å²) in [5.41, 5.74) is 5.12. The molecule has 2 aromatic carbocycles. The monoisotopic (exact) mass is 431 g/mol. The summed E-state index contributed by atoms with van der Waals surface area (Å²) in [5.74, 6) is -0.0332. The van der Waals surface area contributed by atoms with Crippen molar-refractivity contribution in [3.63, 3.8) is 0 Å². The fraction of sp³-hybridized carbons (Fsp3) is 0.385. The molecular weight excluding hydrogens is 398 g/mol. The van der Waals surface area contributed by atoms with E-state index in [0.29, 0.717) is 12.1 Å². The standard InChI is InChI=1S/C26H33N5O/c1-3-25-24(20-28-31(25)23-12-10-21(2)11-13-23)26(32)27-14-7-15-29-16-18-30(19-17-29)22-8-5-4-6-9-22/h4-6,8-13,20H,3,7,14-19H2,1-2H3,(H,27,32). The van der Waals surface area contributed by atoms with Crippen LogP contribution in [0.2, 0.25) is 0 Å². The molecule has 1 amide bonds. The average Bonchev–Trinajstić information content (AvgIpc) is 3.27. The molecular formula is C26H33N5O. The molecule has 6 heteroatoms. The van der Waals surface area contributed by atoms with Gasteiger partial charge >= 0.3 is 0 Å². The number of piperazine rings is 1. The van der Waals surface area contributed by atoms with Gasteiger partial charge in [0.2, 0.25) is 0 Å². The number of benzene rings is 2. The van der Waals surface area contributed by atoms with Gasteiger partial charge in [-0.25, -0.2) is 4.68 Å². The minimum Gasteiger partial charge on any atom is -0.369 e. The van der Waals surface area contributed by atoms with E-state index in [-0.39, 0.29) is 5.91 Å². The topological polar surface area (TPSA) is 53.4 Å². The van der Waals surface area contributed by atoms with Gasteiger partial charge in [0.05, 0.1) is 23.1 Å². The second-order valence-electron chi connectivity index (χ2n) is 8.38. The third-order valence-corrected chi connectivity index (χ3v) is 6.16. The Hall–Kier alpha value is -3.12. The number of carbonyl (C=O) groups excluding carboxylic acids is 1. The zero-order valence-corrected chi connectivity index (χ0v) is 19.1. The zero-order chi connectivity index (χ0) is 22.3. The van der Waals surface area contributed by atoms with Gasteiger partial charge in [-0.3, -0.25) is 9.69 Å². The molecule has 1 aliphatic heterocycles. The number of nitrogens with zero attached hydrogens (tertiary/aromatic N) is 4. The molecule has 1 aliphatic rings. The maximum Gasteiger partial charge on any atom is 0.254 e. The molecule has 168 valence electrons. The van der Waals surface area contributed by atoms with Crippen molar-refractivity contribution in [2.24, 2.45) is 0 Å². The van der Waals surface area contributed by atoms with Crippen LogP contribution in [0, 0.1) is 6.92 Å². The summed E-state index contributed by atoms with van der Waals surface area (Å²) in [6.07, 6.45) is 3.39. The Labute approximate surface area is 190 Å². The fourth-order valence-corrected chi connectivity index (χ4v) is 4.28. The van der Waals surface area contributed by atoms with Crippen molar-refractivity contribution in [2.75, 3.05) is 44.2 Å². The number of hydrogen-bond donors (Lipinski definition) is 1. The van der Waals surface area contributed by atoms with Crippen LogP contribution in [0.25, 0.3) is 5.69 Å². The lowest BCUT2D eigenvalue weighted by atomic mass is 10.1. The number of aromatic nitrogens is 2. The van der Waals surface area contributed by atoms with E-state index in [4.69, 9.17) is 0 Å². The maximum atomic E-state index is 12.8. The van der Waals surface area contributed by atoms with Crippen LogP contribution in [0.1, 0.15) is 35.0 Å². The van der Waals surface area contributed by atoms with E-state index in [2.05, 4.69) is 76.5 Å². The third-order valence-electron chi connectivity index (χ3n) is 6.16. The first kappa shape index (κ1) is 22.1. The summed E-state index contributed by atoms with van der Waals surface area (Å²) in [6.45, 7) is 10.0. The Kier molecular flexibility index (Phi) is 7.22. The molecule has 3 aromatic rings. The van der Waals surface area contributed by atoms with Crippen LogP contribution in [0.15, 0.2) is 60.8 Å². The highest BCUT2D eigenvalue weighted by molar-refractivity contribution is 5.95. The predicted octanol–water partition coefficient (Wildman–Crippen LogP) is 3.69. The minimum absolute atomic E-state index is 0.0332. The van der Waals surface area contributed by atoms with Crippen LogP contribution in [-0.2, 0) is 6.42 Å². The lowest BCUT2D eigenvalue weighted by molar-refractivity contribution is 0.0950. The Morgan fingerprint density at radius 2 is 1.69 bits per heavy atom. The van der Waals surface area contributed by atoms with Crippen molar-refractivity contribution in [3.8, 4) is 5.69 Å². The summed E-state index contributed by atoms with van der Waals surface area (Å²) in [6, 6.07) is 18.8. The van der Waals surface area contributed by atoms with Gasteiger partial charge in [-0.2, -0.15) is 5.10 Å². The fourth-order valence-electron chi connectivity index (χ4n) is 4.28. The first-order valence-electron chi connectivity index (χ1n) is 11.6. The molecule has 0 bridgehead atoms. The van der Waals surface area contributed by atoms with Crippen molar-refractivity contribution in [2.45, 2.75) is 26.7 Å². The second-order valence-corrected chi connectivity index (χ2v) is 8.38. The number of para-hydroxylation sites is 1. The highest BCUT2D eigenvalue weighted by atomic mass is 16.1. The Morgan fingerprint density at radius 3 is 2.38 bits per heavy atom. The van der Waals surface area contributed by atoms with Crippen molar-refractivity contribution < 1.29 is 4.79 Å². The number of hydrogen-bond acceptors (Lipinski definition) is 4. The van der Waals surface area contributed by atoms with Crippen molar-refractivity contribution in [1.82, 2.24) is 20.0 Å². The first-order chi connectivity index (χ1) is 15.7. The summed E-state index contributed by atoms with van der Waals surface area (Å²) < 4.78 is 1.88. The normalized spacial score (nSPS) is 14.5. The van der Waals surface area contributed by atoms with Crippen molar-refractivity contribution in [1.29, 1.82) is 0 Å². The largest absolute Gasteiger partial charge is 0.369 e. The molecule has 1 N–H and O–H groups in total. The third kappa shape index (κ3) is 5.19. The molecule has 0 aliphatic carbocycles. The lowest BCUT2D eigenvalue weighted by Crippen LogP contribution is -2.47. The molecule has 32 heavy (non-hydrogen) atoms. The molecule has 0 spiro atoms. The summed E-state index contributed by atoms with van der Waals surface area (Å²) in [7, 11) is 0. The molecule has 1 aromatic heterocycles. The SMILES string of the molecule is CCc1c(C(=O)NCCCN2CCN(c3ccccc3)CC2)cnn1-c1ccc(C)cc1. The molecule has 4 rings (SSSR count). The summed E-state index contributed by atoms with van der Waals surface area (Å²) in [5, 5.41) is 7.58. The van der Waals surface area contributed by atoms with Gasteiger partial charge in [-0.1, -0.05) is 42.8 Å². The molecule has 1 saturated heterocycles. The van der Waals surface area contributed by atoms with Crippen LogP contribution in [-0.4, -0.2) is 59.9 Å². The van der Waals surface area contributed by atoms with E-state index in [9.17, 15) is 4.79 Å². The highest BCUT2D eigenvalue weighted by Crippen LogP contribution is 2.17. The van der Waals surface area contributed by atoms with Gasteiger partial charge in [0.1, 0.15) is 0 Å². The number of carbonyl (C=O) groups is 1. The average molecular weight is 432 g/mol. The molecule has 0 atom stereocenters. The van der Waals surface area contributed by atoms with Crippen LogP contribution in [0.5, 0.6) is 0 Å². The van der Waals surface area contributed by atoms with E-state index in [0.717, 1.165) is 56.9 Å². The van der Waals surface area contributed by atoms with Crippen LogP contribution in [0.3, 0.4) is 0 Å². The van der Waals surface area contributed by atoms with Gasteiger partial charge in [0.15, 0.2) is 0 Å². The van der Waals surface area contributed by atoms with E-state index < -0.39 is 0 Å². The first-order valence-corrected chi connectivity index (χ1v) is 11.6. The van der Waals surface area contributed by atoms with Crippen LogP contribution in [0.4, 0.5) is 5.69 Å². The molecule has 0 unspecified atom stereocenters. The Bertz CT molecular complexity index is 1000. The highest BCUT2D eigenvalue weighted by Gasteiger charge is 2.18. The summed E-state index contributed by atoms with van der Waals surface area (Å²) in [4.78, 5) is 17.7. The molecule has 2 heterocycles. The second kappa shape index (κ2) is 10.5. The smallest absolute Gasteiger partial charge is 0.254 e. The molecule has 1 fully saturated rings. The van der Waals surface area contributed by atoms with Crippen molar-refractivity contribution >= 4 is 11.6 Å². The van der Waals surface area contributed by atoms with Gasteiger partial charge in [-0.15, -0.1) is 0 Å². The van der Waals surface area contributed by atoms with E-state index in [1.807, 2.05) is 16.8 Å². The lowest BCUT2D eigenvalue weighted by Gasteiger charge is -2.36. The number of aryl methyl sites for hydroxylation is 1. The molecule has 6 nitrogen and oxygen atoms in total. The van der Waals surface area contributed by atoms with Gasteiger partial charge in [0.25, 0.3) is 5.91 Å². The summed E-state index contributed by atoms with van der Waals surface area (Å²) >= 11 is 0. The number of anilines is 1. The van der Waals surface area contributed by atoms with Crippen molar-refractivity contribution in [3.05, 3.63) is 77.6 Å². The molecule has 0 radical (unpaired) electrons. The molecule has 0 saturated carbocycles. The zero-order valence-electron chi connectivity index (χ0n) is 19.1. The Balaban J connectivity index is 1.24. The predicted molar refractivity (Wildman–Crippen MR) is 130 cm³/mol. The minimum atomic E-state index is -0.0332. The quantitative estimate of drug-likeness (QED) is 0.553. The van der Waals surface area contributed by atoms with E-state index in [1.54, 1.807) is 6.20 Å². The van der Waals surface area contributed by atoms with Crippen LogP contribution >= 0.6 is 0 Å². The van der Waals surface area contributed by atoms with Gasteiger partial charge in [-0.05, 0) is 50.6 Å².